The summed E-state index contributed by atoms with van der Waals surface area (Å²) >= 11 is 3.61. The lowest BCUT2D eigenvalue weighted by atomic mass is 9.89. The third-order valence-electron chi connectivity index (χ3n) is 4.82. The summed E-state index contributed by atoms with van der Waals surface area (Å²) < 4.78 is 5.81. The number of hydrogen-bond donors (Lipinski definition) is 0. The van der Waals surface area contributed by atoms with Gasteiger partial charge in [0.1, 0.15) is 6.10 Å². The minimum absolute atomic E-state index is 0.0378. The maximum Gasteiger partial charge on any atom is 0.338 e. The van der Waals surface area contributed by atoms with Crippen LogP contribution < -0.4 is 0 Å². The van der Waals surface area contributed by atoms with Crippen LogP contribution >= 0.6 is 15.9 Å². The SMILES string of the molecule is CN1C2CC[C@@H]1C[C@H](OC(=O)c1ccccc1)[C@@H]2CBr. The van der Waals surface area contributed by atoms with Gasteiger partial charge >= 0.3 is 5.97 Å². The van der Waals surface area contributed by atoms with Crippen molar-refractivity contribution in [3.63, 3.8) is 0 Å². The molecule has 2 saturated heterocycles. The van der Waals surface area contributed by atoms with Crippen molar-refractivity contribution in [2.24, 2.45) is 5.92 Å². The molecule has 0 aromatic heterocycles. The Kier molecular flexibility index (Phi) is 4.13. The van der Waals surface area contributed by atoms with Crippen molar-refractivity contribution in [1.82, 2.24) is 4.90 Å². The number of ether oxygens (including phenoxy) is 1. The monoisotopic (exact) mass is 337 g/mol. The van der Waals surface area contributed by atoms with Crippen LogP contribution in [0, 0.1) is 5.92 Å². The van der Waals surface area contributed by atoms with Gasteiger partial charge in [-0.2, -0.15) is 0 Å². The second kappa shape index (κ2) is 5.86. The van der Waals surface area contributed by atoms with Crippen LogP contribution in [0.15, 0.2) is 30.3 Å². The van der Waals surface area contributed by atoms with E-state index in [9.17, 15) is 4.79 Å². The molecule has 4 atom stereocenters. The molecule has 0 aliphatic carbocycles. The van der Waals surface area contributed by atoms with Crippen LogP contribution in [0.2, 0.25) is 0 Å². The lowest BCUT2D eigenvalue weighted by Gasteiger charge is -2.41. The van der Waals surface area contributed by atoms with Gasteiger partial charge < -0.3 is 4.74 Å². The Morgan fingerprint density at radius 1 is 1.35 bits per heavy atom. The lowest BCUT2D eigenvalue weighted by molar-refractivity contribution is -0.0269. The summed E-state index contributed by atoms with van der Waals surface area (Å²) in [6, 6.07) is 10.4. The van der Waals surface area contributed by atoms with E-state index in [0.29, 0.717) is 23.6 Å². The predicted octanol–water partition coefficient (Wildman–Crippen LogP) is 3.09. The molecule has 3 rings (SSSR count). The largest absolute Gasteiger partial charge is 0.458 e. The van der Waals surface area contributed by atoms with Gasteiger partial charge in [-0.15, -0.1) is 0 Å². The fourth-order valence-electron chi connectivity index (χ4n) is 3.65. The van der Waals surface area contributed by atoms with Crippen molar-refractivity contribution < 1.29 is 9.53 Å². The number of halogens is 1. The Morgan fingerprint density at radius 2 is 2.10 bits per heavy atom. The number of hydrogen-bond acceptors (Lipinski definition) is 3. The van der Waals surface area contributed by atoms with E-state index in [1.54, 1.807) is 0 Å². The normalized spacial score (nSPS) is 33.1. The number of rotatable bonds is 3. The van der Waals surface area contributed by atoms with Crippen molar-refractivity contribution in [3.8, 4) is 0 Å². The van der Waals surface area contributed by atoms with Crippen LogP contribution in [-0.2, 0) is 4.74 Å². The fourth-order valence-corrected chi connectivity index (χ4v) is 4.50. The van der Waals surface area contributed by atoms with E-state index in [0.717, 1.165) is 11.8 Å². The second-order valence-corrected chi connectivity index (χ2v) is 6.48. The zero-order valence-corrected chi connectivity index (χ0v) is 13.3. The van der Waals surface area contributed by atoms with Gasteiger partial charge in [0.2, 0.25) is 0 Å². The third kappa shape index (κ3) is 2.51. The fraction of sp³-hybridized carbons (Fsp3) is 0.562. The van der Waals surface area contributed by atoms with E-state index >= 15 is 0 Å². The number of piperidine rings is 1. The molecule has 3 nitrogen and oxygen atoms in total. The van der Waals surface area contributed by atoms with Gasteiger partial charge in [0.05, 0.1) is 5.56 Å². The number of carbonyl (C=O) groups is 1. The first-order chi connectivity index (χ1) is 9.70. The summed E-state index contributed by atoms with van der Waals surface area (Å²) in [5, 5.41) is 0.890. The summed E-state index contributed by atoms with van der Waals surface area (Å²) in [6.45, 7) is 0. The molecule has 2 aliphatic rings. The van der Waals surface area contributed by atoms with E-state index < -0.39 is 0 Å². The average Bonchev–Trinajstić information content (AvgIpc) is 2.73. The molecule has 1 aromatic rings. The van der Waals surface area contributed by atoms with E-state index in [1.807, 2.05) is 30.3 Å². The molecule has 1 unspecified atom stereocenters. The van der Waals surface area contributed by atoms with Gasteiger partial charge in [0.25, 0.3) is 0 Å². The number of nitrogens with zero attached hydrogens (tertiary/aromatic N) is 1. The molecule has 2 bridgehead atoms. The Labute approximate surface area is 128 Å². The minimum atomic E-state index is -0.189. The van der Waals surface area contributed by atoms with Crippen LogP contribution in [0.1, 0.15) is 29.6 Å². The Hall–Kier alpha value is -0.870. The van der Waals surface area contributed by atoms with Gasteiger partial charge in [-0.25, -0.2) is 4.79 Å². The maximum absolute atomic E-state index is 12.2. The zero-order valence-electron chi connectivity index (χ0n) is 11.7. The smallest absolute Gasteiger partial charge is 0.338 e. The minimum Gasteiger partial charge on any atom is -0.458 e. The molecule has 2 heterocycles. The summed E-state index contributed by atoms with van der Waals surface area (Å²) in [7, 11) is 2.20. The van der Waals surface area contributed by atoms with E-state index in [2.05, 4.69) is 27.9 Å². The molecule has 0 N–H and O–H groups in total. The van der Waals surface area contributed by atoms with E-state index in [1.165, 1.54) is 12.8 Å². The highest BCUT2D eigenvalue weighted by molar-refractivity contribution is 9.09. The quantitative estimate of drug-likeness (QED) is 0.627. The number of fused-ring (bicyclic) bond motifs is 2. The van der Waals surface area contributed by atoms with Crippen LogP contribution in [0.5, 0.6) is 0 Å². The Morgan fingerprint density at radius 3 is 2.80 bits per heavy atom. The first-order valence-electron chi connectivity index (χ1n) is 7.24. The van der Waals surface area contributed by atoms with Crippen molar-refractivity contribution in [1.29, 1.82) is 0 Å². The predicted molar refractivity (Wildman–Crippen MR) is 82.1 cm³/mol. The molecule has 0 saturated carbocycles. The average molecular weight is 338 g/mol. The van der Waals surface area contributed by atoms with E-state index in [-0.39, 0.29) is 12.1 Å². The number of carbonyl (C=O) groups excluding carboxylic acids is 1. The highest BCUT2D eigenvalue weighted by atomic mass is 79.9. The summed E-state index contributed by atoms with van der Waals surface area (Å²) in [5.41, 5.74) is 0.645. The maximum atomic E-state index is 12.2. The van der Waals surface area contributed by atoms with Crippen LogP contribution in [0.3, 0.4) is 0 Å². The molecule has 4 heteroatoms. The highest BCUT2D eigenvalue weighted by Crippen LogP contribution is 2.40. The summed E-state index contributed by atoms with van der Waals surface area (Å²) in [4.78, 5) is 14.7. The summed E-state index contributed by atoms with van der Waals surface area (Å²) in [5.74, 6) is 0.205. The first-order valence-corrected chi connectivity index (χ1v) is 8.36. The Balaban J connectivity index is 1.72. The van der Waals surface area contributed by atoms with E-state index in [4.69, 9.17) is 4.74 Å². The molecule has 0 radical (unpaired) electrons. The first kappa shape index (κ1) is 14.1. The molecule has 20 heavy (non-hydrogen) atoms. The van der Waals surface area contributed by atoms with Gasteiger partial charge in [-0.3, -0.25) is 4.90 Å². The van der Waals surface area contributed by atoms with Gasteiger partial charge in [0, 0.05) is 29.8 Å². The number of alkyl halides is 1. The van der Waals surface area contributed by atoms with Crippen LogP contribution in [-0.4, -0.2) is 41.4 Å². The molecule has 2 fully saturated rings. The molecule has 108 valence electrons. The number of esters is 1. The summed E-state index contributed by atoms with van der Waals surface area (Å²) in [6.07, 6.45) is 3.44. The lowest BCUT2D eigenvalue weighted by Crippen LogP contribution is -2.51. The highest BCUT2D eigenvalue weighted by Gasteiger charge is 2.46. The van der Waals surface area contributed by atoms with Crippen molar-refractivity contribution >= 4 is 21.9 Å². The topological polar surface area (TPSA) is 29.5 Å². The standard InChI is InChI=1S/C16H20BrNO2/c1-18-12-7-8-14(18)13(10-17)15(9-12)20-16(19)11-5-3-2-4-6-11/h2-6,12-15H,7-10H2,1H3/t12-,13-,14?,15+/m1/s1. The molecule has 0 amide bonds. The molecular weight excluding hydrogens is 318 g/mol. The van der Waals surface area contributed by atoms with Crippen LogP contribution in [0.4, 0.5) is 0 Å². The van der Waals surface area contributed by atoms with Gasteiger partial charge in [-0.1, -0.05) is 34.1 Å². The molecular formula is C16H20BrNO2. The van der Waals surface area contributed by atoms with Crippen LogP contribution in [0.25, 0.3) is 0 Å². The molecule has 0 spiro atoms. The van der Waals surface area contributed by atoms with Crippen molar-refractivity contribution in [2.75, 3.05) is 12.4 Å². The number of benzene rings is 1. The third-order valence-corrected chi connectivity index (χ3v) is 5.56. The van der Waals surface area contributed by atoms with Gasteiger partial charge in [0.15, 0.2) is 0 Å². The second-order valence-electron chi connectivity index (χ2n) is 5.83. The Bertz CT molecular complexity index is 479. The molecule has 2 aliphatic heterocycles. The van der Waals surface area contributed by atoms with Crippen molar-refractivity contribution in [2.45, 2.75) is 37.5 Å². The molecule has 1 aromatic carbocycles. The zero-order chi connectivity index (χ0) is 14.1. The van der Waals surface area contributed by atoms with Gasteiger partial charge in [-0.05, 0) is 32.0 Å². The van der Waals surface area contributed by atoms with Crippen molar-refractivity contribution in [3.05, 3.63) is 35.9 Å².